The second-order valence-electron chi connectivity index (χ2n) is 11.6. The molecule has 3 heterocycles. The van der Waals surface area contributed by atoms with E-state index in [0.717, 1.165) is 72.8 Å². The summed E-state index contributed by atoms with van der Waals surface area (Å²) in [6, 6.07) is 17.3. The largest absolute Gasteiger partial charge is 0.488 e. The molecule has 0 spiro atoms. The molecule has 44 heavy (non-hydrogen) atoms. The lowest BCUT2D eigenvalue weighted by atomic mass is 9.91. The Hall–Kier alpha value is -4.14. The summed E-state index contributed by atoms with van der Waals surface area (Å²) in [5.41, 5.74) is 10.4. The third kappa shape index (κ3) is 5.60. The first-order valence-electron chi connectivity index (χ1n) is 15.6. The number of nitrogens with zero attached hydrogens (tertiary/aromatic N) is 3. The summed E-state index contributed by atoms with van der Waals surface area (Å²) >= 11 is 0. The third-order valence-electron chi connectivity index (χ3n) is 9.10. The summed E-state index contributed by atoms with van der Waals surface area (Å²) in [5.74, 6) is 0.0113. The minimum Gasteiger partial charge on any atom is -0.488 e. The Balaban J connectivity index is 1.31. The van der Waals surface area contributed by atoms with Gasteiger partial charge in [0.2, 0.25) is 5.88 Å². The summed E-state index contributed by atoms with van der Waals surface area (Å²) in [6.07, 6.45) is 4.23. The highest BCUT2D eigenvalue weighted by Gasteiger charge is 2.28. The van der Waals surface area contributed by atoms with Gasteiger partial charge in [0.1, 0.15) is 17.9 Å². The summed E-state index contributed by atoms with van der Waals surface area (Å²) in [4.78, 5) is 14.4. The molecule has 2 aliphatic rings. The lowest BCUT2D eigenvalue weighted by Gasteiger charge is -2.34. The fourth-order valence-electron chi connectivity index (χ4n) is 6.72. The number of aryl methyl sites for hydroxylation is 1. The van der Waals surface area contributed by atoms with Crippen molar-refractivity contribution in [1.82, 2.24) is 14.7 Å². The SMILES string of the molecule is CCOc1c(C(=O)O)cnn1-c1cccc(-c2cccc(C)c2OCc2ccc3c(c2C)CCN(C2CCOC2)C3)c1CC. The Bertz CT molecular complexity index is 1670. The molecule has 0 saturated carbocycles. The Kier molecular flexibility index (Phi) is 8.73. The number of aromatic carboxylic acids is 1. The molecule has 0 bridgehead atoms. The first kappa shape index (κ1) is 29.9. The quantitative estimate of drug-likeness (QED) is 0.223. The van der Waals surface area contributed by atoms with Gasteiger partial charge >= 0.3 is 5.97 Å². The van der Waals surface area contributed by atoms with E-state index in [9.17, 15) is 9.90 Å². The van der Waals surface area contributed by atoms with Gasteiger partial charge in [-0.15, -0.1) is 0 Å². The van der Waals surface area contributed by atoms with Crippen molar-refractivity contribution >= 4 is 5.97 Å². The van der Waals surface area contributed by atoms with E-state index in [0.29, 0.717) is 25.7 Å². The lowest BCUT2D eigenvalue weighted by molar-refractivity contribution is 0.0692. The number of ether oxygens (including phenoxy) is 3. The van der Waals surface area contributed by atoms with Crippen LogP contribution in [0.4, 0.5) is 0 Å². The third-order valence-corrected chi connectivity index (χ3v) is 9.10. The van der Waals surface area contributed by atoms with E-state index in [4.69, 9.17) is 14.2 Å². The van der Waals surface area contributed by atoms with Crippen LogP contribution in [0.3, 0.4) is 0 Å². The molecule has 0 radical (unpaired) electrons. The molecule has 0 aliphatic carbocycles. The van der Waals surface area contributed by atoms with Crippen LogP contribution < -0.4 is 9.47 Å². The van der Waals surface area contributed by atoms with Crippen LogP contribution >= 0.6 is 0 Å². The molecule has 1 atom stereocenters. The van der Waals surface area contributed by atoms with Crippen LogP contribution in [0.5, 0.6) is 11.6 Å². The molecule has 1 fully saturated rings. The number of rotatable bonds is 10. The number of para-hydroxylation sites is 1. The average Bonchev–Trinajstić information content (AvgIpc) is 3.72. The van der Waals surface area contributed by atoms with Crippen LogP contribution in [0.1, 0.15) is 64.0 Å². The van der Waals surface area contributed by atoms with Crippen molar-refractivity contribution in [2.24, 2.45) is 0 Å². The van der Waals surface area contributed by atoms with Crippen molar-refractivity contribution < 1.29 is 24.1 Å². The molecule has 1 aromatic heterocycles. The van der Waals surface area contributed by atoms with Gasteiger partial charge in [0.15, 0.2) is 0 Å². The predicted molar refractivity (Wildman–Crippen MR) is 170 cm³/mol. The Morgan fingerprint density at radius 3 is 2.64 bits per heavy atom. The Morgan fingerprint density at radius 2 is 1.89 bits per heavy atom. The maximum atomic E-state index is 11.9. The normalized spacial score (nSPS) is 16.6. The molecular weight excluding hydrogens is 554 g/mol. The van der Waals surface area contributed by atoms with Gasteiger partial charge in [-0.2, -0.15) is 5.10 Å². The summed E-state index contributed by atoms with van der Waals surface area (Å²) < 4.78 is 19.7. The van der Waals surface area contributed by atoms with Crippen molar-refractivity contribution in [2.75, 3.05) is 26.4 Å². The van der Waals surface area contributed by atoms with Gasteiger partial charge in [0, 0.05) is 31.3 Å². The molecule has 3 aromatic carbocycles. The fraction of sp³-hybridized carbons (Fsp3) is 0.389. The number of hydrogen-bond donors (Lipinski definition) is 1. The number of carbonyl (C=O) groups is 1. The summed E-state index contributed by atoms with van der Waals surface area (Å²) in [7, 11) is 0. The molecule has 6 rings (SSSR count). The number of fused-ring (bicyclic) bond motifs is 1. The fourth-order valence-corrected chi connectivity index (χ4v) is 6.72. The highest BCUT2D eigenvalue weighted by atomic mass is 16.5. The Labute approximate surface area is 259 Å². The molecule has 2 aliphatic heterocycles. The van der Waals surface area contributed by atoms with Crippen LogP contribution in [0.15, 0.2) is 54.7 Å². The van der Waals surface area contributed by atoms with Gasteiger partial charge in [0.25, 0.3) is 0 Å². The topological polar surface area (TPSA) is 86.0 Å². The van der Waals surface area contributed by atoms with Crippen molar-refractivity contribution in [3.8, 4) is 28.4 Å². The smallest absolute Gasteiger partial charge is 0.342 e. The zero-order valence-electron chi connectivity index (χ0n) is 26.1. The van der Waals surface area contributed by atoms with E-state index >= 15 is 0 Å². The van der Waals surface area contributed by atoms with Crippen molar-refractivity contribution in [1.29, 1.82) is 0 Å². The van der Waals surface area contributed by atoms with E-state index in [1.807, 2.05) is 19.1 Å². The second-order valence-corrected chi connectivity index (χ2v) is 11.6. The monoisotopic (exact) mass is 595 g/mol. The molecule has 4 aromatic rings. The second kappa shape index (κ2) is 12.8. The number of benzene rings is 3. The van der Waals surface area contributed by atoms with Gasteiger partial charge in [-0.3, -0.25) is 4.90 Å². The maximum absolute atomic E-state index is 11.9. The molecule has 8 nitrogen and oxygen atoms in total. The van der Waals surface area contributed by atoms with Crippen LogP contribution in [-0.2, 0) is 30.7 Å². The van der Waals surface area contributed by atoms with Gasteiger partial charge in [0.05, 0.1) is 25.1 Å². The minimum atomic E-state index is -1.07. The highest BCUT2D eigenvalue weighted by Crippen LogP contribution is 2.39. The van der Waals surface area contributed by atoms with Crippen molar-refractivity contribution in [3.05, 3.63) is 93.7 Å². The molecule has 1 N–H and O–H groups in total. The van der Waals surface area contributed by atoms with Crippen LogP contribution in [0, 0.1) is 13.8 Å². The van der Waals surface area contributed by atoms with Gasteiger partial charge < -0.3 is 19.3 Å². The number of aromatic nitrogens is 2. The molecular formula is C36H41N3O5. The molecule has 0 amide bonds. The van der Waals surface area contributed by atoms with Gasteiger partial charge in [-0.25, -0.2) is 9.48 Å². The number of carboxylic acids is 1. The summed E-state index contributed by atoms with van der Waals surface area (Å²) in [5, 5.41) is 14.1. The zero-order valence-corrected chi connectivity index (χ0v) is 26.1. The van der Waals surface area contributed by atoms with Crippen molar-refractivity contribution in [3.63, 3.8) is 0 Å². The van der Waals surface area contributed by atoms with Gasteiger partial charge in [-0.05, 0) is 85.0 Å². The minimum absolute atomic E-state index is 0.0413. The van der Waals surface area contributed by atoms with Crippen LogP contribution in [0.25, 0.3) is 16.8 Å². The van der Waals surface area contributed by atoms with Gasteiger partial charge in [-0.1, -0.05) is 49.4 Å². The highest BCUT2D eigenvalue weighted by molar-refractivity contribution is 5.90. The van der Waals surface area contributed by atoms with E-state index < -0.39 is 5.97 Å². The van der Waals surface area contributed by atoms with E-state index in [1.54, 1.807) is 4.68 Å². The molecule has 1 saturated heterocycles. The predicted octanol–water partition coefficient (Wildman–Crippen LogP) is 6.54. The summed E-state index contributed by atoms with van der Waals surface area (Å²) in [6.45, 7) is 12.8. The standard InChI is InChI=1S/C36H41N3O5/c1-5-28-30(10-8-12-33(28)39-35(43-6-2)32(19-37-39)36(40)41)31-11-7-9-23(3)34(31)44-21-26-14-13-25-20-38(27-16-18-42-22-27)17-15-29(25)24(26)4/h7-14,19,27H,5-6,15-18,20-22H2,1-4H3,(H,40,41). The zero-order chi connectivity index (χ0) is 30.8. The maximum Gasteiger partial charge on any atom is 0.342 e. The molecule has 1 unspecified atom stereocenters. The molecule has 8 heteroatoms. The lowest BCUT2D eigenvalue weighted by Crippen LogP contribution is -2.39. The van der Waals surface area contributed by atoms with E-state index in [2.05, 4.69) is 67.2 Å². The van der Waals surface area contributed by atoms with E-state index in [1.165, 1.54) is 28.5 Å². The molecule has 230 valence electrons. The number of carboxylic acid groups (broad SMARTS) is 1. The number of hydrogen-bond acceptors (Lipinski definition) is 6. The first-order chi connectivity index (χ1) is 21.4. The average molecular weight is 596 g/mol. The Morgan fingerprint density at radius 1 is 1.07 bits per heavy atom. The van der Waals surface area contributed by atoms with Crippen molar-refractivity contribution in [2.45, 2.75) is 66.2 Å². The van der Waals surface area contributed by atoms with E-state index in [-0.39, 0.29) is 11.4 Å². The van der Waals surface area contributed by atoms with Crippen LogP contribution in [-0.4, -0.2) is 58.2 Å². The van der Waals surface area contributed by atoms with Crippen LogP contribution in [0.2, 0.25) is 0 Å². The first-order valence-corrected chi connectivity index (χ1v) is 15.6.